The molecule has 0 radical (unpaired) electrons. The van der Waals surface area contributed by atoms with Gasteiger partial charge in [-0.3, -0.25) is 9.59 Å². The molecule has 7 heteroatoms. The summed E-state index contributed by atoms with van der Waals surface area (Å²) in [6.45, 7) is 10.0. The van der Waals surface area contributed by atoms with E-state index in [0.29, 0.717) is 22.3 Å². The summed E-state index contributed by atoms with van der Waals surface area (Å²) in [5.74, 6) is -2.64. The molecule has 1 aliphatic heterocycles. The van der Waals surface area contributed by atoms with Crippen LogP contribution in [0.4, 0.5) is 10.1 Å². The van der Waals surface area contributed by atoms with Gasteiger partial charge >= 0.3 is 5.97 Å². The number of benzene rings is 3. The Kier molecular flexibility index (Phi) is 6.91. The first-order valence-corrected chi connectivity index (χ1v) is 12.3. The highest BCUT2D eigenvalue weighted by Gasteiger charge is 2.38. The molecule has 0 fully saturated rings. The summed E-state index contributed by atoms with van der Waals surface area (Å²) in [5, 5.41) is 12.2. The highest BCUT2D eigenvalue weighted by atomic mass is 19.1. The van der Waals surface area contributed by atoms with E-state index in [0.717, 1.165) is 11.1 Å². The monoisotopic (exact) mass is 502 g/mol. The maximum absolute atomic E-state index is 15.0. The highest BCUT2D eigenvalue weighted by molar-refractivity contribution is 6.04. The van der Waals surface area contributed by atoms with E-state index in [1.165, 1.54) is 17.0 Å². The third-order valence-corrected chi connectivity index (χ3v) is 6.73. The van der Waals surface area contributed by atoms with Gasteiger partial charge in [0.25, 0.3) is 11.8 Å². The smallest absolute Gasteiger partial charge is 0.326 e. The molecule has 1 aliphatic rings. The van der Waals surface area contributed by atoms with E-state index in [-0.39, 0.29) is 29.5 Å². The molecule has 3 aromatic rings. The molecular weight excluding hydrogens is 471 g/mol. The molecule has 2 N–H and O–H groups in total. The topological polar surface area (TPSA) is 86.7 Å². The molecule has 3 aromatic carbocycles. The van der Waals surface area contributed by atoms with Gasteiger partial charge in [-0.1, -0.05) is 65.0 Å². The number of carboxylic acids is 1. The first-order valence-electron chi connectivity index (χ1n) is 12.3. The van der Waals surface area contributed by atoms with E-state index in [4.69, 9.17) is 0 Å². The zero-order valence-electron chi connectivity index (χ0n) is 21.6. The highest BCUT2D eigenvalue weighted by Crippen LogP contribution is 2.32. The van der Waals surface area contributed by atoms with Gasteiger partial charge in [-0.15, -0.1) is 0 Å². The average Bonchev–Trinajstić information content (AvgIpc) is 3.14. The van der Waals surface area contributed by atoms with Crippen molar-refractivity contribution in [3.8, 4) is 11.1 Å². The second-order valence-corrected chi connectivity index (χ2v) is 10.8. The van der Waals surface area contributed by atoms with Crippen LogP contribution in [0.2, 0.25) is 0 Å². The van der Waals surface area contributed by atoms with E-state index in [1.54, 1.807) is 50.2 Å². The summed E-state index contributed by atoms with van der Waals surface area (Å²) in [7, 11) is 0. The fourth-order valence-corrected chi connectivity index (χ4v) is 4.62. The Morgan fingerprint density at radius 2 is 1.59 bits per heavy atom. The third kappa shape index (κ3) is 5.26. The molecule has 37 heavy (non-hydrogen) atoms. The van der Waals surface area contributed by atoms with Crippen molar-refractivity contribution in [2.24, 2.45) is 5.92 Å². The first kappa shape index (κ1) is 26.1. The fraction of sp³-hybridized carbons (Fsp3) is 0.300. The van der Waals surface area contributed by atoms with Crippen molar-refractivity contribution < 1.29 is 23.9 Å². The molecule has 0 saturated carbocycles. The number of amides is 2. The Balaban J connectivity index is 1.53. The van der Waals surface area contributed by atoms with Crippen LogP contribution >= 0.6 is 0 Å². The normalized spacial score (nSPS) is 14.0. The summed E-state index contributed by atoms with van der Waals surface area (Å²) >= 11 is 0. The number of rotatable bonds is 6. The van der Waals surface area contributed by atoms with Crippen LogP contribution in [0.1, 0.15) is 66.5 Å². The SMILES string of the molecule is CC(C)C(C(=O)O)N1Cc2ccc(-c3ccc(NC(=O)c4ccc(C(C)(C)C)cc4)c(F)c3)cc2C1=O. The van der Waals surface area contributed by atoms with Crippen LogP contribution in [0.15, 0.2) is 60.7 Å². The van der Waals surface area contributed by atoms with Crippen molar-refractivity contribution in [3.05, 3.63) is 88.7 Å². The lowest BCUT2D eigenvalue weighted by Crippen LogP contribution is -2.44. The minimum Gasteiger partial charge on any atom is -0.480 e. The van der Waals surface area contributed by atoms with Crippen LogP contribution in [0, 0.1) is 11.7 Å². The number of hydrogen-bond donors (Lipinski definition) is 2. The zero-order valence-corrected chi connectivity index (χ0v) is 21.6. The van der Waals surface area contributed by atoms with Crippen molar-refractivity contribution >= 4 is 23.5 Å². The molecule has 0 spiro atoms. The number of carboxylic acid groups (broad SMARTS) is 1. The molecule has 1 atom stereocenters. The second-order valence-electron chi connectivity index (χ2n) is 10.8. The predicted octanol–water partition coefficient (Wildman–Crippen LogP) is 6.11. The molecule has 1 heterocycles. The first-order chi connectivity index (χ1) is 17.4. The predicted molar refractivity (Wildman–Crippen MR) is 141 cm³/mol. The van der Waals surface area contributed by atoms with Gasteiger partial charge < -0.3 is 15.3 Å². The number of halogens is 1. The summed E-state index contributed by atoms with van der Waals surface area (Å²) < 4.78 is 15.0. The van der Waals surface area contributed by atoms with E-state index in [9.17, 15) is 23.9 Å². The van der Waals surface area contributed by atoms with E-state index in [2.05, 4.69) is 26.1 Å². The Labute approximate surface area is 216 Å². The maximum Gasteiger partial charge on any atom is 0.326 e. The molecule has 4 rings (SSSR count). The lowest BCUT2D eigenvalue weighted by atomic mass is 9.87. The number of nitrogens with one attached hydrogen (secondary N) is 1. The Morgan fingerprint density at radius 1 is 0.973 bits per heavy atom. The van der Waals surface area contributed by atoms with Gasteiger partial charge in [0.05, 0.1) is 5.69 Å². The zero-order chi connectivity index (χ0) is 27.1. The standard InChI is InChI=1S/C30H31FN2O4/c1-17(2)26(29(36)37)33-16-21-7-6-19(14-23(21)28(33)35)20-10-13-25(24(31)15-20)32-27(34)18-8-11-22(12-9-18)30(3,4)5/h6-15,17,26H,16H2,1-5H3,(H,32,34)(H,36,37). The van der Waals surface area contributed by atoms with Crippen molar-refractivity contribution in [3.63, 3.8) is 0 Å². The van der Waals surface area contributed by atoms with Crippen molar-refractivity contribution in [2.75, 3.05) is 5.32 Å². The van der Waals surface area contributed by atoms with Crippen LogP contribution in [0.3, 0.4) is 0 Å². The molecule has 0 aliphatic carbocycles. The Hall–Kier alpha value is -4.00. The van der Waals surface area contributed by atoms with Crippen molar-refractivity contribution in [2.45, 2.75) is 52.6 Å². The average molecular weight is 503 g/mol. The van der Waals surface area contributed by atoms with Crippen molar-refractivity contribution in [1.82, 2.24) is 4.90 Å². The van der Waals surface area contributed by atoms with E-state index < -0.39 is 23.7 Å². The largest absolute Gasteiger partial charge is 0.480 e. The quantitative estimate of drug-likeness (QED) is 0.426. The van der Waals surface area contributed by atoms with Gasteiger partial charge in [0, 0.05) is 17.7 Å². The van der Waals surface area contributed by atoms with E-state index in [1.807, 2.05) is 12.1 Å². The van der Waals surface area contributed by atoms with Gasteiger partial charge in [-0.05, 0) is 63.9 Å². The van der Waals surface area contributed by atoms with E-state index >= 15 is 0 Å². The second kappa shape index (κ2) is 9.81. The van der Waals surface area contributed by atoms with Gasteiger partial charge in [0.15, 0.2) is 0 Å². The minimum atomic E-state index is -1.04. The van der Waals surface area contributed by atoms with Crippen LogP contribution in [-0.2, 0) is 16.8 Å². The molecule has 192 valence electrons. The van der Waals surface area contributed by atoms with Crippen LogP contribution in [-0.4, -0.2) is 33.8 Å². The lowest BCUT2D eigenvalue weighted by Gasteiger charge is -2.27. The number of nitrogens with zero attached hydrogens (tertiary/aromatic N) is 1. The lowest BCUT2D eigenvalue weighted by molar-refractivity contribution is -0.144. The number of aliphatic carboxylic acids is 1. The van der Waals surface area contributed by atoms with Crippen LogP contribution in [0.5, 0.6) is 0 Å². The van der Waals surface area contributed by atoms with Gasteiger partial charge in [-0.25, -0.2) is 9.18 Å². The van der Waals surface area contributed by atoms with Crippen molar-refractivity contribution in [1.29, 1.82) is 0 Å². The minimum absolute atomic E-state index is 0.0379. The molecule has 6 nitrogen and oxygen atoms in total. The number of carbonyl (C=O) groups excluding carboxylic acids is 2. The molecular formula is C30H31FN2O4. The van der Waals surface area contributed by atoms with Gasteiger partial charge in [0.1, 0.15) is 11.9 Å². The van der Waals surface area contributed by atoms with Gasteiger partial charge in [-0.2, -0.15) is 0 Å². The third-order valence-electron chi connectivity index (χ3n) is 6.73. The number of carbonyl (C=O) groups is 3. The summed E-state index contributed by atoms with van der Waals surface area (Å²) in [4.78, 5) is 38.8. The number of hydrogen-bond acceptors (Lipinski definition) is 3. The maximum atomic E-state index is 15.0. The molecule has 2 amide bonds. The summed E-state index contributed by atoms with van der Waals surface area (Å²) in [5.41, 5.74) is 3.86. The Morgan fingerprint density at radius 3 is 2.16 bits per heavy atom. The summed E-state index contributed by atoms with van der Waals surface area (Å²) in [6.07, 6.45) is 0. The molecule has 1 unspecified atom stereocenters. The number of anilines is 1. The number of fused-ring (bicyclic) bond motifs is 1. The van der Waals surface area contributed by atoms with Gasteiger partial charge in [0.2, 0.25) is 0 Å². The van der Waals surface area contributed by atoms with Crippen LogP contribution in [0.25, 0.3) is 11.1 Å². The molecule has 0 aromatic heterocycles. The molecule has 0 bridgehead atoms. The summed E-state index contributed by atoms with van der Waals surface area (Å²) in [6, 6.07) is 16.0. The fourth-order valence-electron chi connectivity index (χ4n) is 4.62. The Bertz CT molecular complexity index is 1370. The van der Waals surface area contributed by atoms with Crippen LogP contribution < -0.4 is 5.32 Å². The molecule has 0 saturated heterocycles.